The molecule has 1 atom stereocenters. The van der Waals surface area contributed by atoms with Crippen molar-refractivity contribution in [1.29, 1.82) is 0 Å². The molecule has 0 spiro atoms. The molecule has 0 rings (SSSR count). The summed E-state index contributed by atoms with van der Waals surface area (Å²) < 4.78 is 10.4. The van der Waals surface area contributed by atoms with Crippen LogP contribution in [-0.4, -0.2) is 62.9 Å². The predicted molar refractivity (Wildman–Crippen MR) is 81.9 cm³/mol. The van der Waals surface area contributed by atoms with Crippen molar-refractivity contribution < 1.29 is 14.3 Å². The van der Waals surface area contributed by atoms with Crippen LogP contribution < -0.4 is 5.32 Å². The second-order valence-electron chi connectivity index (χ2n) is 5.24. The van der Waals surface area contributed by atoms with E-state index in [4.69, 9.17) is 9.47 Å². The lowest BCUT2D eigenvalue weighted by Gasteiger charge is -2.37. The molecule has 1 N–H and O–H groups in total. The van der Waals surface area contributed by atoms with Gasteiger partial charge in [-0.3, -0.25) is 9.69 Å². The quantitative estimate of drug-likeness (QED) is 0.586. The molecule has 0 aliphatic carbocycles. The lowest BCUT2D eigenvalue weighted by Crippen LogP contribution is -2.58. The fourth-order valence-corrected chi connectivity index (χ4v) is 2.35. The number of hydrogen-bond acceptors (Lipinski definition) is 5. The Labute approximate surface area is 124 Å². The Balaban J connectivity index is 4.92. The fraction of sp³-hybridized carbons (Fsp3) is 0.933. The van der Waals surface area contributed by atoms with Crippen molar-refractivity contribution in [3.05, 3.63) is 0 Å². The number of rotatable bonds is 11. The molecule has 0 fully saturated rings. The molecule has 120 valence electrons. The first-order valence-electron chi connectivity index (χ1n) is 7.58. The molecule has 0 aromatic rings. The van der Waals surface area contributed by atoms with Crippen LogP contribution in [-0.2, 0) is 14.3 Å². The number of hydrogen-bond donors (Lipinski definition) is 1. The number of likely N-dealkylation sites (N-methyl/N-ethyl adjacent to an activating group) is 1. The number of carbonyl (C=O) groups is 1. The minimum absolute atomic E-state index is 0.198. The summed E-state index contributed by atoms with van der Waals surface area (Å²) in [6.07, 6.45) is 2.12. The van der Waals surface area contributed by atoms with Crippen LogP contribution in [0.1, 0.15) is 40.5 Å². The van der Waals surface area contributed by atoms with Gasteiger partial charge in [0.25, 0.3) is 0 Å². The van der Waals surface area contributed by atoms with Crippen molar-refractivity contribution in [2.24, 2.45) is 0 Å². The highest BCUT2D eigenvalue weighted by Crippen LogP contribution is 2.15. The minimum atomic E-state index is -0.688. The Hall–Kier alpha value is -0.650. The number of nitrogens with zero attached hydrogens (tertiary/aromatic N) is 1. The first kappa shape index (κ1) is 19.4. The first-order chi connectivity index (χ1) is 9.48. The van der Waals surface area contributed by atoms with Crippen LogP contribution in [0.25, 0.3) is 0 Å². The van der Waals surface area contributed by atoms with Gasteiger partial charge in [-0.05, 0) is 33.7 Å². The van der Waals surface area contributed by atoms with Crippen molar-refractivity contribution in [1.82, 2.24) is 10.2 Å². The van der Waals surface area contributed by atoms with Crippen LogP contribution in [0, 0.1) is 0 Å². The molecule has 0 radical (unpaired) electrons. The van der Waals surface area contributed by atoms with E-state index in [-0.39, 0.29) is 5.97 Å². The van der Waals surface area contributed by atoms with Gasteiger partial charge in [-0.1, -0.05) is 13.8 Å². The lowest BCUT2D eigenvalue weighted by atomic mass is 9.99. The number of esters is 1. The van der Waals surface area contributed by atoms with Gasteiger partial charge in [0, 0.05) is 26.2 Å². The van der Waals surface area contributed by atoms with Crippen LogP contribution in [0.4, 0.5) is 0 Å². The molecule has 0 saturated carbocycles. The third-order valence-corrected chi connectivity index (χ3v) is 3.84. The third kappa shape index (κ3) is 5.77. The van der Waals surface area contributed by atoms with Gasteiger partial charge < -0.3 is 14.8 Å². The molecule has 20 heavy (non-hydrogen) atoms. The summed E-state index contributed by atoms with van der Waals surface area (Å²) >= 11 is 0. The Bertz CT molecular complexity index is 270. The van der Waals surface area contributed by atoms with E-state index in [0.717, 1.165) is 19.4 Å². The number of methoxy groups -OCH3 is 1. The molecule has 0 heterocycles. The van der Waals surface area contributed by atoms with E-state index in [9.17, 15) is 4.79 Å². The van der Waals surface area contributed by atoms with E-state index >= 15 is 0 Å². The Morgan fingerprint density at radius 2 is 1.90 bits per heavy atom. The molecular formula is C15H32N2O3. The number of nitrogens with one attached hydrogen (secondary N) is 1. The predicted octanol–water partition coefficient (Wildman–Crippen LogP) is 1.66. The summed E-state index contributed by atoms with van der Waals surface area (Å²) in [7, 11) is 3.51. The van der Waals surface area contributed by atoms with Crippen molar-refractivity contribution in [3.8, 4) is 0 Å². The lowest BCUT2D eigenvalue weighted by molar-refractivity contribution is -0.151. The standard InChI is InChI=1S/C15H32N2O3/c1-7-13(8-2)17(10-11-19-6)12-15(4,16-5)14(18)20-9-3/h13,16H,7-12H2,1-6H3. The Morgan fingerprint density at radius 3 is 2.30 bits per heavy atom. The zero-order valence-electron chi connectivity index (χ0n) is 14.0. The highest BCUT2D eigenvalue weighted by Gasteiger charge is 2.36. The smallest absolute Gasteiger partial charge is 0.327 e. The van der Waals surface area contributed by atoms with Gasteiger partial charge in [-0.15, -0.1) is 0 Å². The molecule has 0 aromatic carbocycles. The number of carbonyl (C=O) groups excluding carboxylic acids is 1. The molecule has 0 bridgehead atoms. The maximum atomic E-state index is 12.2. The maximum Gasteiger partial charge on any atom is 0.327 e. The molecule has 0 aromatic heterocycles. The van der Waals surface area contributed by atoms with E-state index in [1.54, 1.807) is 14.2 Å². The molecular weight excluding hydrogens is 256 g/mol. The average Bonchev–Trinajstić information content (AvgIpc) is 2.45. The molecule has 5 nitrogen and oxygen atoms in total. The van der Waals surface area contributed by atoms with Crippen molar-refractivity contribution in [3.63, 3.8) is 0 Å². The zero-order valence-corrected chi connectivity index (χ0v) is 14.0. The monoisotopic (exact) mass is 288 g/mol. The van der Waals surface area contributed by atoms with Gasteiger partial charge in [0.1, 0.15) is 5.54 Å². The topological polar surface area (TPSA) is 50.8 Å². The minimum Gasteiger partial charge on any atom is -0.465 e. The normalized spacial score (nSPS) is 14.6. The summed E-state index contributed by atoms with van der Waals surface area (Å²) in [4.78, 5) is 14.5. The third-order valence-electron chi connectivity index (χ3n) is 3.84. The molecule has 1 unspecified atom stereocenters. The van der Waals surface area contributed by atoms with Gasteiger partial charge in [-0.25, -0.2) is 0 Å². The van der Waals surface area contributed by atoms with E-state index in [2.05, 4.69) is 24.1 Å². The van der Waals surface area contributed by atoms with Crippen LogP contribution >= 0.6 is 0 Å². The zero-order chi connectivity index (χ0) is 15.6. The van der Waals surface area contributed by atoms with Crippen molar-refractivity contribution in [2.45, 2.75) is 52.1 Å². The van der Waals surface area contributed by atoms with Crippen LogP contribution in [0.5, 0.6) is 0 Å². The second-order valence-corrected chi connectivity index (χ2v) is 5.24. The van der Waals surface area contributed by atoms with E-state index < -0.39 is 5.54 Å². The highest BCUT2D eigenvalue weighted by atomic mass is 16.5. The van der Waals surface area contributed by atoms with Gasteiger partial charge in [-0.2, -0.15) is 0 Å². The maximum absolute atomic E-state index is 12.2. The number of ether oxygens (including phenoxy) is 2. The Morgan fingerprint density at radius 1 is 1.30 bits per heavy atom. The molecule has 0 aliphatic rings. The molecule has 0 saturated heterocycles. The summed E-state index contributed by atoms with van der Waals surface area (Å²) in [5.41, 5.74) is -0.688. The summed E-state index contributed by atoms with van der Waals surface area (Å²) in [5, 5.41) is 3.12. The SMILES string of the molecule is CCOC(=O)C(C)(CN(CCOC)C(CC)CC)NC. The fourth-order valence-electron chi connectivity index (χ4n) is 2.35. The van der Waals surface area contributed by atoms with Gasteiger partial charge in [0.2, 0.25) is 0 Å². The molecule has 5 heteroatoms. The second kappa shape index (κ2) is 10.1. The van der Waals surface area contributed by atoms with Crippen molar-refractivity contribution in [2.75, 3.05) is 40.5 Å². The van der Waals surface area contributed by atoms with Gasteiger partial charge in [0.15, 0.2) is 0 Å². The van der Waals surface area contributed by atoms with Crippen molar-refractivity contribution >= 4 is 5.97 Å². The summed E-state index contributed by atoms with van der Waals surface area (Å²) in [5.74, 6) is -0.198. The van der Waals surface area contributed by atoms with Crippen LogP contribution in [0.3, 0.4) is 0 Å². The van der Waals surface area contributed by atoms with Crippen LogP contribution in [0.15, 0.2) is 0 Å². The largest absolute Gasteiger partial charge is 0.465 e. The van der Waals surface area contributed by atoms with E-state index in [1.807, 2.05) is 13.8 Å². The first-order valence-corrected chi connectivity index (χ1v) is 7.58. The van der Waals surface area contributed by atoms with Crippen LogP contribution in [0.2, 0.25) is 0 Å². The van der Waals surface area contributed by atoms with E-state index in [1.165, 1.54) is 0 Å². The highest BCUT2D eigenvalue weighted by molar-refractivity contribution is 5.80. The molecule has 0 amide bonds. The summed E-state index contributed by atoms with van der Waals surface area (Å²) in [6.45, 7) is 10.6. The van der Waals surface area contributed by atoms with Gasteiger partial charge >= 0.3 is 5.97 Å². The average molecular weight is 288 g/mol. The summed E-state index contributed by atoms with van der Waals surface area (Å²) in [6, 6.07) is 0.451. The van der Waals surface area contributed by atoms with Gasteiger partial charge in [0.05, 0.1) is 13.2 Å². The Kier molecular flexibility index (Phi) is 9.80. The molecule has 0 aliphatic heterocycles. The van der Waals surface area contributed by atoms with E-state index in [0.29, 0.717) is 25.8 Å².